The number of benzene rings is 1. The number of hydrogen-bond acceptors (Lipinski definition) is 4. The standard InChI is InChI=1S/C20H26N2O2/c1-3-12-10-22-7-6-20-16-8-13(24-2)4-5-17(16)21-19(20)15(11-23)14(12)9-18(20)22/h3-5,8,14-15,18-19,21,23H,6-7,9-11H2,1-2H3/b12-3+/t14-,15+,18-,19-,20?/m0/s1. The van der Waals surface area contributed by atoms with Gasteiger partial charge in [-0.25, -0.2) is 0 Å². The van der Waals surface area contributed by atoms with Crippen molar-refractivity contribution in [2.75, 3.05) is 32.1 Å². The molecule has 1 unspecified atom stereocenters. The second kappa shape index (κ2) is 4.99. The minimum absolute atomic E-state index is 0.132. The van der Waals surface area contributed by atoms with Gasteiger partial charge in [-0.2, -0.15) is 0 Å². The largest absolute Gasteiger partial charge is 0.497 e. The van der Waals surface area contributed by atoms with Gasteiger partial charge in [-0.15, -0.1) is 0 Å². The van der Waals surface area contributed by atoms with Crippen LogP contribution in [0.4, 0.5) is 5.69 Å². The molecular weight excluding hydrogens is 300 g/mol. The van der Waals surface area contributed by atoms with Gasteiger partial charge in [0.05, 0.1) is 7.11 Å². The Morgan fingerprint density at radius 3 is 3.08 bits per heavy atom. The molecule has 5 atom stereocenters. The number of rotatable bonds is 2. The van der Waals surface area contributed by atoms with Crippen LogP contribution in [0.2, 0.25) is 0 Å². The molecule has 2 N–H and O–H groups in total. The van der Waals surface area contributed by atoms with Gasteiger partial charge in [-0.05, 0) is 56.0 Å². The highest BCUT2D eigenvalue weighted by molar-refractivity contribution is 5.66. The van der Waals surface area contributed by atoms with E-state index in [1.54, 1.807) is 7.11 Å². The molecule has 3 heterocycles. The van der Waals surface area contributed by atoms with E-state index in [0.29, 0.717) is 23.9 Å². The fourth-order valence-electron chi connectivity index (χ4n) is 6.28. The summed E-state index contributed by atoms with van der Waals surface area (Å²) in [6.07, 6.45) is 4.65. The number of ether oxygens (including phenoxy) is 1. The zero-order valence-corrected chi connectivity index (χ0v) is 14.5. The quantitative estimate of drug-likeness (QED) is 0.819. The van der Waals surface area contributed by atoms with E-state index >= 15 is 0 Å². The van der Waals surface area contributed by atoms with Gasteiger partial charge in [0.1, 0.15) is 5.75 Å². The van der Waals surface area contributed by atoms with Crippen molar-refractivity contribution in [1.29, 1.82) is 0 Å². The van der Waals surface area contributed by atoms with Crippen LogP contribution >= 0.6 is 0 Å². The zero-order valence-electron chi connectivity index (χ0n) is 14.5. The number of methoxy groups -OCH3 is 1. The molecule has 5 rings (SSSR count). The molecule has 2 saturated heterocycles. The van der Waals surface area contributed by atoms with Crippen LogP contribution in [-0.4, -0.2) is 48.9 Å². The van der Waals surface area contributed by atoms with Gasteiger partial charge in [-0.3, -0.25) is 4.90 Å². The number of nitrogens with zero attached hydrogens (tertiary/aromatic N) is 1. The van der Waals surface area contributed by atoms with E-state index in [4.69, 9.17) is 4.74 Å². The Bertz CT molecular complexity index is 716. The zero-order chi connectivity index (χ0) is 16.5. The van der Waals surface area contributed by atoms with Crippen molar-refractivity contribution in [2.24, 2.45) is 11.8 Å². The van der Waals surface area contributed by atoms with E-state index in [1.165, 1.54) is 29.7 Å². The van der Waals surface area contributed by atoms with Crippen LogP contribution in [0.25, 0.3) is 0 Å². The summed E-state index contributed by atoms with van der Waals surface area (Å²) >= 11 is 0. The van der Waals surface area contributed by atoms with E-state index in [2.05, 4.69) is 35.3 Å². The Morgan fingerprint density at radius 2 is 2.33 bits per heavy atom. The van der Waals surface area contributed by atoms with Gasteiger partial charge >= 0.3 is 0 Å². The number of nitrogens with one attached hydrogen (secondary N) is 1. The minimum Gasteiger partial charge on any atom is -0.497 e. The smallest absolute Gasteiger partial charge is 0.119 e. The third-order valence-electron chi connectivity index (χ3n) is 7.31. The first-order valence-corrected chi connectivity index (χ1v) is 9.18. The first-order chi connectivity index (χ1) is 11.7. The summed E-state index contributed by atoms with van der Waals surface area (Å²) in [5.41, 5.74) is 4.32. The van der Waals surface area contributed by atoms with E-state index in [0.717, 1.165) is 18.8 Å². The third-order valence-corrected chi connectivity index (χ3v) is 7.31. The second-order valence-electron chi connectivity index (χ2n) is 7.86. The van der Waals surface area contributed by atoms with Crippen molar-refractivity contribution < 1.29 is 9.84 Å². The number of hydrogen-bond donors (Lipinski definition) is 2. The predicted molar refractivity (Wildman–Crippen MR) is 94.5 cm³/mol. The van der Waals surface area contributed by atoms with Crippen LogP contribution in [0.5, 0.6) is 5.75 Å². The third kappa shape index (κ3) is 1.61. The van der Waals surface area contributed by atoms with Crippen LogP contribution in [0.3, 0.4) is 0 Å². The van der Waals surface area contributed by atoms with Crippen molar-refractivity contribution >= 4 is 5.69 Å². The normalized spacial score (nSPS) is 41.0. The molecule has 3 fully saturated rings. The average molecular weight is 326 g/mol. The van der Waals surface area contributed by atoms with Gasteiger partial charge in [-0.1, -0.05) is 11.6 Å². The number of aliphatic hydroxyl groups excluding tert-OH is 1. The van der Waals surface area contributed by atoms with E-state index in [9.17, 15) is 5.11 Å². The van der Waals surface area contributed by atoms with E-state index < -0.39 is 0 Å². The summed E-state index contributed by atoms with van der Waals surface area (Å²) in [7, 11) is 1.74. The first kappa shape index (κ1) is 14.8. The Kier molecular flexibility index (Phi) is 3.08. The minimum atomic E-state index is 0.132. The molecule has 4 nitrogen and oxygen atoms in total. The molecule has 0 amide bonds. The maximum Gasteiger partial charge on any atom is 0.119 e. The summed E-state index contributed by atoms with van der Waals surface area (Å²) < 4.78 is 5.51. The summed E-state index contributed by atoms with van der Waals surface area (Å²) in [5, 5.41) is 14.1. The molecule has 1 spiro atoms. The van der Waals surface area contributed by atoms with Crippen LogP contribution in [0, 0.1) is 11.8 Å². The molecular formula is C20H26N2O2. The van der Waals surface area contributed by atoms with Crippen molar-refractivity contribution in [2.45, 2.75) is 37.3 Å². The predicted octanol–water partition coefficient (Wildman–Crippen LogP) is 2.39. The second-order valence-corrected chi connectivity index (χ2v) is 7.86. The molecule has 0 aromatic heterocycles. The van der Waals surface area contributed by atoms with Gasteiger partial charge in [0.25, 0.3) is 0 Å². The summed E-state index contributed by atoms with van der Waals surface area (Å²) in [4.78, 5) is 2.68. The van der Waals surface area contributed by atoms with E-state index in [1.807, 2.05) is 6.07 Å². The lowest BCUT2D eigenvalue weighted by molar-refractivity contribution is 0.0298. The van der Waals surface area contributed by atoms with E-state index in [-0.39, 0.29) is 12.0 Å². The Labute approximate surface area is 143 Å². The summed E-state index contributed by atoms with van der Waals surface area (Å²) in [5.74, 6) is 1.75. The van der Waals surface area contributed by atoms with Crippen molar-refractivity contribution in [1.82, 2.24) is 4.90 Å². The van der Waals surface area contributed by atoms with Gasteiger partial charge in [0.15, 0.2) is 0 Å². The molecule has 4 heteroatoms. The monoisotopic (exact) mass is 326 g/mol. The molecule has 3 aliphatic heterocycles. The van der Waals surface area contributed by atoms with Crippen LogP contribution in [0.15, 0.2) is 29.8 Å². The number of piperidine rings is 1. The van der Waals surface area contributed by atoms with Crippen molar-refractivity contribution in [3.8, 4) is 5.75 Å². The lowest BCUT2D eigenvalue weighted by Crippen LogP contribution is -2.62. The molecule has 1 saturated carbocycles. The highest BCUT2D eigenvalue weighted by Gasteiger charge is 2.65. The summed E-state index contributed by atoms with van der Waals surface area (Å²) in [6, 6.07) is 7.36. The molecule has 1 aromatic rings. The van der Waals surface area contributed by atoms with Crippen LogP contribution < -0.4 is 10.1 Å². The maximum absolute atomic E-state index is 10.3. The Morgan fingerprint density at radius 1 is 1.46 bits per heavy atom. The Hall–Kier alpha value is -1.52. The topological polar surface area (TPSA) is 44.7 Å². The molecule has 4 aliphatic rings. The maximum atomic E-state index is 10.3. The lowest BCUT2D eigenvalue weighted by Gasteiger charge is -2.54. The molecule has 0 radical (unpaired) electrons. The number of fused-ring (bicyclic) bond motifs is 2. The Balaban J connectivity index is 1.69. The fraction of sp³-hybridized carbons (Fsp3) is 0.600. The van der Waals surface area contributed by atoms with Gasteiger partial charge < -0.3 is 15.2 Å². The highest BCUT2D eigenvalue weighted by Crippen LogP contribution is 2.61. The number of anilines is 1. The lowest BCUT2D eigenvalue weighted by atomic mass is 9.56. The molecule has 1 aromatic carbocycles. The summed E-state index contributed by atoms with van der Waals surface area (Å²) in [6.45, 7) is 4.65. The fourth-order valence-corrected chi connectivity index (χ4v) is 6.28. The molecule has 1 aliphatic carbocycles. The molecule has 128 valence electrons. The molecule has 2 bridgehead atoms. The average Bonchev–Trinajstić information content (AvgIpc) is 3.17. The number of allylic oxidation sites excluding steroid dienone is 1. The molecule has 24 heavy (non-hydrogen) atoms. The van der Waals surface area contributed by atoms with Crippen molar-refractivity contribution in [3.05, 3.63) is 35.4 Å². The van der Waals surface area contributed by atoms with Gasteiger partial charge in [0.2, 0.25) is 0 Å². The van der Waals surface area contributed by atoms with Crippen molar-refractivity contribution in [3.63, 3.8) is 0 Å². The highest BCUT2D eigenvalue weighted by atomic mass is 16.5. The van der Waals surface area contributed by atoms with Crippen LogP contribution in [-0.2, 0) is 5.41 Å². The van der Waals surface area contributed by atoms with Crippen LogP contribution in [0.1, 0.15) is 25.3 Å². The SMILES string of the molecule is C/C=C1\CN2CCC34c5cc(OC)ccc5N[C@H]3[C@H](CO)[C@H]1C[C@H]24. The first-order valence-electron chi connectivity index (χ1n) is 9.18. The van der Waals surface area contributed by atoms with Gasteiger partial charge in [0, 0.05) is 42.3 Å². The number of aliphatic hydroxyl groups is 1.